The molecule has 10 heteroatoms. The summed E-state index contributed by atoms with van der Waals surface area (Å²) in [6.07, 6.45) is 2.82. The quantitative estimate of drug-likeness (QED) is 0.154. The van der Waals surface area contributed by atoms with Crippen LogP contribution in [0.5, 0.6) is 11.5 Å². The lowest BCUT2D eigenvalue weighted by atomic mass is 9.93. The zero-order valence-corrected chi connectivity index (χ0v) is 23.7. The van der Waals surface area contributed by atoms with Crippen LogP contribution in [-0.2, 0) is 22.6 Å². The summed E-state index contributed by atoms with van der Waals surface area (Å²) >= 11 is 12.3. The van der Waals surface area contributed by atoms with Crippen molar-refractivity contribution in [3.8, 4) is 11.5 Å². The highest BCUT2D eigenvalue weighted by Crippen LogP contribution is 2.41. The molecule has 2 amide bonds. The Hall–Kier alpha value is -4.01. The van der Waals surface area contributed by atoms with E-state index in [0.717, 1.165) is 11.1 Å². The molecule has 0 bridgehead atoms. The van der Waals surface area contributed by atoms with E-state index in [1.54, 1.807) is 48.5 Å². The predicted molar refractivity (Wildman–Crippen MR) is 155 cm³/mol. The fourth-order valence-electron chi connectivity index (χ4n) is 4.40. The Morgan fingerprint density at radius 2 is 1.73 bits per heavy atom. The smallest absolute Gasteiger partial charge is 0.341 e. The summed E-state index contributed by atoms with van der Waals surface area (Å²) in [5, 5.41) is 6.27. The minimum atomic E-state index is -0.579. The van der Waals surface area contributed by atoms with E-state index in [1.165, 1.54) is 7.11 Å². The van der Waals surface area contributed by atoms with E-state index in [4.69, 9.17) is 37.4 Å². The Morgan fingerprint density at radius 1 is 1.02 bits per heavy atom. The summed E-state index contributed by atoms with van der Waals surface area (Å²) in [4.78, 5) is 38.1. The van der Waals surface area contributed by atoms with Gasteiger partial charge in [-0.3, -0.25) is 4.79 Å². The molecular formula is C30H28Cl2N2O6. The van der Waals surface area contributed by atoms with Crippen molar-refractivity contribution in [1.82, 2.24) is 0 Å². The molecule has 1 aliphatic rings. The molecule has 0 radical (unpaired) electrons. The molecule has 2 N–H and O–H groups in total. The minimum Gasteiger partial charge on any atom is -0.496 e. The molecule has 0 fully saturated rings. The molecule has 3 aromatic rings. The van der Waals surface area contributed by atoms with Gasteiger partial charge >= 0.3 is 18.0 Å². The van der Waals surface area contributed by atoms with Crippen LogP contribution in [0, 0.1) is 6.92 Å². The Kier molecular flexibility index (Phi) is 9.34. The molecule has 3 aromatic carbocycles. The molecule has 1 heterocycles. The average molecular weight is 583 g/mol. The van der Waals surface area contributed by atoms with Crippen molar-refractivity contribution in [1.29, 1.82) is 0 Å². The molecule has 1 aliphatic heterocycles. The number of ether oxygens (including phenoxy) is 3. The van der Waals surface area contributed by atoms with Crippen LogP contribution in [0.4, 0.5) is 16.2 Å². The number of benzene rings is 3. The topological polar surface area (TPSA) is 103 Å². The van der Waals surface area contributed by atoms with Gasteiger partial charge < -0.3 is 24.8 Å². The van der Waals surface area contributed by atoms with Crippen LogP contribution in [0.3, 0.4) is 0 Å². The van der Waals surface area contributed by atoms with Gasteiger partial charge in [0.05, 0.1) is 34.1 Å². The molecule has 0 spiro atoms. The van der Waals surface area contributed by atoms with Gasteiger partial charge in [0, 0.05) is 17.5 Å². The average Bonchev–Trinajstić information content (AvgIpc) is 3.32. The lowest BCUT2D eigenvalue weighted by Gasteiger charge is -2.20. The number of methoxy groups -OCH3 is 1. The van der Waals surface area contributed by atoms with Gasteiger partial charge in [-0.25, -0.2) is 9.59 Å². The molecule has 4 rings (SSSR count). The summed E-state index contributed by atoms with van der Waals surface area (Å²) in [6, 6.07) is 13.0. The van der Waals surface area contributed by atoms with Gasteiger partial charge in [-0.05, 0) is 56.5 Å². The van der Waals surface area contributed by atoms with E-state index in [1.807, 2.05) is 19.9 Å². The number of fused-ring (bicyclic) bond motifs is 1. The van der Waals surface area contributed by atoms with Crippen molar-refractivity contribution in [3.05, 3.63) is 92.5 Å². The maximum atomic E-state index is 13.0. The monoisotopic (exact) mass is 582 g/mol. The van der Waals surface area contributed by atoms with Crippen LogP contribution in [-0.4, -0.2) is 25.1 Å². The van der Waals surface area contributed by atoms with Gasteiger partial charge in [-0.1, -0.05) is 59.1 Å². The number of carbonyl (C=O) groups is 3. The third-order valence-corrected chi connectivity index (χ3v) is 7.12. The van der Waals surface area contributed by atoms with E-state index in [9.17, 15) is 14.4 Å². The number of cyclic esters (lactones) is 1. The fourth-order valence-corrected chi connectivity index (χ4v) is 4.76. The highest BCUT2D eigenvalue weighted by atomic mass is 35.5. The third kappa shape index (κ3) is 6.58. The Bertz CT molecular complexity index is 1500. The Morgan fingerprint density at radius 3 is 2.42 bits per heavy atom. The van der Waals surface area contributed by atoms with E-state index in [0.29, 0.717) is 56.9 Å². The van der Waals surface area contributed by atoms with Crippen LogP contribution in [0.25, 0.3) is 0 Å². The van der Waals surface area contributed by atoms with Crippen molar-refractivity contribution in [2.24, 2.45) is 0 Å². The molecule has 0 aromatic heterocycles. The second-order valence-corrected chi connectivity index (χ2v) is 9.97. The van der Waals surface area contributed by atoms with Crippen molar-refractivity contribution in [2.45, 2.75) is 39.7 Å². The normalized spacial score (nSPS) is 12.4. The Balaban J connectivity index is 1.56. The number of amides is 2. The summed E-state index contributed by atoms with van der Waals surface area (Å²) in [7, 11) is 1.53. The molecule has 40 heavy (non-hydrogen) atoms. The number of carbonyl (C=O) groups excluding carboxylic acids is 3. The van der Waals surface area contributed by atoms with Crippen LogP contribution >= 0.6 is 23.2 Å². The van der Waals surface area contributed by atoms with Gasteiger partial charge in [0.1, 0.15) is 18.1 Å². The number of nitrogens with one attached hydrogen (secondary N) is 2. The molecule has 0 atom stereocenters. The van der Waals surface area contributed by atoms with E-state index < -0.39 is 18.0 Å². The number of para-hydroxylation sites is 2. The first kappa shape index (κ1) is 29.0. The SMILES string of the molecule is COc1c(C)c2c(c(NC(=O)Nc3ccccc3Cl)c1CC=C(C)CCC(=O)Oc1ccccc1Cl)C(=O)OC2. The summed E-state index contributed by atoms with van der Waals surface area (Å²) < 4.78 is 16.4. The van der Waals surface area contributed by atoms with Crippen molar-refractivity contribution >= 4 is 52.5 Å². The van der Waals surface area contributed by atoms with Gasteiger partial charge in [0.25, 0.3) is 0 Å². The minimum absolute atomic E-state index is 0.0832. The lowest BCUT2D eigenvalue weighted by molar-refractivity contribution is -0.134. The largest absolute Gasteiger partial charge is 0.496 e. The zero-order chi connectivity index (χ0) is 28.8. The molecular weight excluding hydrogens is 555 g/mol. The predicted octanol–water partition coefficient (Wildman–Crippen LogP) is 7.50. The molecule has 0 unspecified atom stereocenters. The molecule has 0 saturated heterocycles. The maximum Gasteiger partial charge on any atom is 0.341 e. The first-order valence-corrected chi connectivity index (χ1v) is 13.3. The van der Waals surface area contributed by atoms with Crippen LogP contribution in [0.2, 0.25) is 10.0 Å². The van der Waals surface area contributed by atoms with E-state index in [2.05, 4.69) is 10.6 Å². The summed E-state index contributed by atoms with van der Waals surface area (Å²) in [5.41, 5.74) is 3.92. The number of allylic oxidation sites excluding steroid dienone is 2. The third-order valence-electron chi connectivity index (χ3n) is 6.48. The van der Waals surface area contributed by atoms with E-state index in [-0.39, 0.29) is 18.6 Å². The van der Waals surface area contributed by atoms with E-state index >= 15 is 0 Å². The number of hydrogen-bond acceptors (Lipinski definition) is 6. The molecule has 0 saturated carbocycles. The van der Waals surface area contributed by atoms with Crippen molar-refractivity contribution in [2.75, 3.05) is 17.7 Å². The zero-order valence-electron chi connectivity index (χ0n) is 22.2. The van der Waals surface area contributed by atoms with Crippen LogP contribution in [0.1, 0.15) is 46.8 Å². The van der Waals surface area contributed by atoms with Gasteiger partial charge in [0.15, 0.2) is 0 Å². The molecule has 8 nitrogen and oxygen atoms in total. The molecule has 0 aliphatic carbocycles. The van der Waals surface area contributed by atoms with Gasteiger partial charge in [0.2, 0.25) is 0 Å². The number of rotatable bonds is 9. The first-order chi connectivity index (χ1) is 19.2. The lowest BCUT2D eigenvalue weighted by Crippen LogP contribution is -2.22. The van der Waals surface area contributed by atoms with Crippen molar-refractivity contribution < 1.29 is 28.6 Å². The fraction of sp³-hybridized carbons (Fsp3) is 0.233. The standard InChI is InChI=1S/C30H28Cl2N2O6/c1-17(13-15-25(35)40-24-11-7-5-9-22(24)32)12-14-19-27(34-30(37)33-23-10-6-4-8-21(23)31)26-20(16-39-29(26)36)18(2)28(19)38-3/h4-12H,13-16H2,1-3H3,(H2,33,34,37). The second-order valence-electron chi connectivity index (χ2n) is 9.16. The van der Waals surface area contributed by atoms with Gasteiger partial charge in [-0.15, -0.1) is 0 Å². The number of anilines is 2. The van der Waals surface area contributed by atoms with Crippen LogP contribution < -0.4 is 20.1 Å². The number of hydrogen-bond donors (Lipinski definition) is 2. The van der Waals surface area contributed by atoms with Crippen LogP contribution in [0.15, 0.2) is 60.2 Å². The summed E-state index contributed by atoms with van der Waals surface area (Å²) in [6.45, 7) is 3.82. The number of urea groups is 1. The molecule has 208 valence electrons. The number of esters is 2. The highest BCUT2D eigenvalue weighted by Gasteiger charge is 2.32. The van der Waals surface area contributed by atoms with Gasteiger partial charge in [-0.2, -0.15) is 0 Å². The first-order valence-electron chi connectivity index (χ1n) is 12.5. The second kappa shape index (κ2) is 12.9. The Labute approximate surface area is 242 Å². The highest BCUT2D eigenvalue weighted by molar-refractivity contribution is 6.33. The maximum absolute atomic E-state index is 13.0. The van der Waals surface area contributed by atoms with Crippen molar-refractivity contribution in [3.63, 3.8) is 0 Å². The number of halogens is 2. The summed E-state index contributed by atoms with van der Waals surface area (Å²) in [5.74, 6) is -0.0923.